The largest absolute Gasteiger partial charge is 0.381 e. The molecule has 0 amide bonds. The number of ketones is 1. The highest BCUT2D eigenvalue weighted by Crippen LogP contribution is 2.19. The van der Waals surface area contributed by atoms with E-state index in [0.29, 0.717) is 12.1 Å². The fourth-order valence-electron chi connectivity index (χ4n) is 1.46. The van der Waals surface area contributed by atoms with E-state index in [1.807, 2.05) is 6.92 Å². The number of carbonyl (C=O) groups is 1. The standard InChI is InChI=1S/C11H17BrN2O2/c1-4-5-14-11(9(12)7-13-14)10(15)6-8(2)16-3/h7-8H,4-6H2,1-3H3. The molecule has 4 nitrogen and oxygen atoms in total. The molecule has 1 aromatic heterocycles. The molecular weight excluding hydrogens is 272 g/mol. The summed E-state index contributed by atoms with van der Waals surface area (Å²) in [7, 11) is 1.61. The van der Waals surface area contributed by atoms with Crippen LogP contribution < -0.4 is 0 Å². The van der Waals surface area contributed by atoms with Gasteiger partial charge in [0.1, 0.15) is 5.69 Å². The molecule has 1 atom stereocenters. The first-order valence-corrected chi connectivity index (χ1v) is 6.16. The molecular formula is C11H17BrN2O2. The van der Waals surface area contributed by atoms with Crippen LogP contribution in [0.1, 0.15) is 37.2 Å². The number of hydrogen-bond donors (Lipinski definition) is 0. The first kappa shape index (κ1) is 13.4. The molecule has 0 saturated carbocycles. The van der Waals surface area contributed by atoms with Gasteiger partial charge >= 0.3 is 0 Å². The molecule has 0 aliphatic heterocycles. The van der Waals surface area contributed by atoms with E-state index in [2.05, 4.69) is 28.0 Å². The number of nitrogens with zero attached hydrogens (tertiary/aromatic N) is 2. The van der Waals surface area contributed by atoms with E-state index >= 15 is 0 Å². The van der Waals surface area contributed by atoms with Crippen LogP contribution in [0.15, 0.2) is 10.7 Å². The summed E-state index contributed by atoms with van der Waals surface area (Å²) in [5, 5.41) is 4.17. The summed E-state index contributed by atoms with van der Waals surface area (Å²) >= 11 is 3.35. The van der Waals surface area contributed by atoms with Crippen molar-refractivity contribution in [1.29, 1.82) is 0 Å². The second-order valence-electron chi connectivity index (χ2n) is 3.74. The van der Waals surface area contributed by atoms with Gasteiger partial charge in [-0.05, 0) is 29.3 Å². The Hall–Kier alpha value is -0.680. The van der Waals surface area contributed by atoms with Crippen molar-refractivity contribution in [3.05, 3.63) is 16.4 Å². The molecule has 0 N–H and O–H groups in total. The fraction of sp³-hybridized carbons (Fsp3) is 0.636. The Balaban J connectivity index is 2.84. The van der Waals surface area contributed by atoms with Crippen molar-refractivity contribution >= 4 is 21.7 Å². The van der Waals surface area contributed by atoms with Crippen LogP contribution in [0, 0.1) is 0 Å². The summed E-state index contributed by atoms with van der Waals surface area (Å²) in [4.78, 5) is 12.0. The number of hydrogen-bond acceptors (Lipinski definition) is 3. The average molecular weight is 289 g/mol. The number of ether oxygens (including phenoxy) is 1. The van der Waals surface area contributed by atoms with Crippen molar-refractivity contribution in [2.24, 2.45) is 0 Å². The minimum Gasteiger partial charge on any atom is -0.381 e. The number of aromatic nitrogens is 2. The van der Waals surface area contributed by atoms with Crippen LogP contribution in [-0.2, 0) is 11.3 Å². The molecule has 0 spiro atoms. The number of rotatable bonds is 6. The van der Waals surface area contributed by atoms with Crippen LogP contribution in [0.4, 0.5) is 0 Å². The van der Waals surface area contributed by atoms with Gasteiger partial charge in [0.15, 0.2) is 5.78 Å². The average Bonchev–Trinajstić information content (AvgIpc) is 2.60. The van der Waals surface area contributed by atoms with Crippen LogP contribution in [0.25, 0.3) is 0 Å². The lowest BCUT2D eigenvalue weighted by Crippen LogP contribution is -2.17. The second-order valence-corrected chi connectivity index (χ2v) is 4.59. The van der Waals surface area contributed by atoms with E-state index in [9.17, 15) is 4.79 Å². The molecule has 0 fully saturated rings. The normalized spacial score (nSPS) is 12.8. The first-order chi connectivity index (χ1) is 7.60. The molecule has 0 aliphatic rings. The smallest absolute Gasteiger partial charge is 0.184 e. The summed E-state index contributed by atoms with van der Waals surface area (Å²) in [6.07, 6.45) is 2.93. The molecule has 1 unspecified atom stereocenters. The molecule has 0 aliphatic carbocycles. The predicted molar refractivity (Wildman–Crippen MR) is 65.6 cm³/mol. The van der Waals surface area contributed by atoms with E-state index in [4.69, 9.17) is 4.74 Å². The highest BCUT2D eigenvalue weighted by atomic mass is 79.9. The summed E-state index contributed by atoms with van der Waals surface area (Å²) in [5.41, 5.74) is 0.644. The number of halogens is 1. The third kappa shape index (κ3) is 3.15. The van der Waals surface area contributed by atoms with Crippen LogP contribution in [0.2, 0.25) is 0 Å². The van der Waals surface area contributed by atoms with Crippen molar-refractivity contribution in [2.75, 3.05) is 7.11 Å². The van der Waals surface area contributed by atoms with Crippen molar-refractivity contribution in [3.8, 4) is 0 Å². The highest BCUT2D eigenvalue weighted by Gasteiger charge is 2.18. The number of aryl methyl sites for hydroxylation is 1. The number of Topliss-reactive ketones (excluding diaryl/α,β-unsaturated/α-hetero) is 1. The topological polar surface area (TPSA) is 44.1 Å². The zero-order valence-corrected chi connectivity index (χ0v) is 11.5. The Kier molecular flexibility index (Phi) is 5.15. The molecule has 0 aromatic carbocycles. The molecule has 5 heteroatoms. The lowest BCUT2D eigenvalue weighted by molar-refractivity contribution is 0.0782. The maximum absolute atomic E-state index is 12.0. The predicted octanol–water partition coefficient (Wildman–Crippen LogP) is 2.66. The van der Waals surface area contributed by atoms with Crippen LogP contribution in [0.5, 0.6) is 0 Å². The van der Waals surface area contributed by atoms with E-state index in [0.717, 1.165) is 17.4 Å². The Bertz CT molecular complexity index is 363. The lowest BCUT2D eigenvalue weighted by Gasteiger charge is -2.10. The second kappa shape index (κ2) is 6.15. The number of carbonyl (C=O) groups excluding carboxylic acids is 1. The lowest BCUT2D eigenvalue weighted by atomic mass is 10.1. The molecule has 90 valence electrons. The van der Waals surface area contributed by atoms with Crippen LogP contribution >= 0.6 is 15.9 Å². The highest BCUT2D eigenvalue weighted by molar-refractivity contribution is 9.10. The van der Waals surface area contributed by atoms with Gasteiger partial charge in [0.25, 0.3) is 0 Å². The van der Waals surface area contributed by atoms with E-state index in [1.165, 1.54) is 0 Å². The SMILES string of the molecule is CCCn1ncc(Br)c1C(=O)CC(C)OC. The molecule has 1 rings (SSSR count). The Morgan fingerprint density at radius 3 is 2.94 bits per heavy atom. The Morgan fingerprint density at radius 1 is 1.69 bits per heavy atom. The quantitative estimate of drug-likeness (QED) is 0.756. The van der Waals surface area contributed by atoms with Crippen LogP contribution in [-0.4, -0.2) is 28.8 Å². The minimum atomic E-state index is -0.0654. The van der Waals surface area contributed by atoms with Crippen molar-refractivity contribution in [3.63, 3.8) is 0 Å². The van der Waals surface area contributed by atoms with Crippen molar-refractivity contribution < 1.29 is 9.53 Å². The fourth-order valence-corrected chi connectivity index (χ4v) is 1.98. The molecule has 0 radical (unpaired) electrons. The summed E-state index contributed by atoms with van der Waals surface area (Å²) < 4.78 is 7.60. The van der Waals surface area contributed by atoms with E-state index in [-0.39, 0.29) is 11.9 Å². The van der Waals surface area contributed by atoms with Gasteiger partial charge in [-0.1, -0.05) is 6.92 Å². The monoisotopic (exact) mass is 288 g/mol. The maximum atomic E-state index is 12.0. The summed E-state index contributed by atoms with van der Waals surface area (Å²) in [6, 6.07) is 0. The van der Waals surface area contributed by atoms with Crippen molar-refractivity contribution in [1.82, 2.24) is 9.78 Å². The summed E-state index contributed by atoms with van der Waals surface area (Å²) in [6.45, 7) is 4.70. The van der Waals surface area contributed by atoms with Gasteiger partial charge in [-0.15, -0.1) is 0 Å². The van der Waals surface area contributed by atoms with Crippen molar-refractivity contribution in [2.45, 2.75) is 39.3 Å². The van der Waals surface area contributed by atoms with Crippen LogP contribution in [0.3, 0.4) is 0 Å². The zero-order valence-electron chi connectivity index (χ0n) is 9.86. The van der Waals surface area contributed by atoms with E-state index < -0.39 is 0 Å². The van der Waals surface area contributed by atoms with Gasteiger partial charge in [-0.3, -0.25) is 9.48 Å². The van der Waals surface area contributed by atoms with Gasteiger partial charge in [0.2, 0.25) is 0 Å². The van der Waals surface area contributed by atoms with E-state index in [1.54, 1.807) is 18.0 Å². The summed E-state index contributed by atoms with van der Waals surface area (Å²) in [5.74, 6) is 0.0622. The minimum absolute atomic E-state index is 0.0622. The molecule has 0 bridgehead atoms. The molecule has 16 heavy (non-hydrogen) atoms. The zero-order chi connectivity index (χ0) is 12.1. The van der Waals surface area contributed by atoms with Gasteiger partial charge in [-0.25, -0.2) is 0 Å². The third-order valence-corrected chi connectivity index (χ3v) is 2.95. The Labute approximate surface area is 104 Å². The Morgan fingerprint density at radius 2 is 2.38 bits per heavy atom. The maximum Gasteiger partial charge on any atom is 0.184 e. The van der Waals surface area contributed by atoms with Gasteiger partial charge in [-0.2, -0.15) is 5.10 Å². The van der Waals surface area contributed by atoms with Gasteiger partial charge < -0.3 is 4.74 Å². The molecule has 0 saturated heterocycles. The molecule has 1 aromatic rings. The third-order valence-electron chi connectivity index (χ3n) is 2.37. The van der Waals surface area contributed by atoms with Gasteiger partial charge in [0, 0.05) is 20.1 Å². The molecule has 1 heterocycles. The number of methoxy groups -OCH3 is 1. The first-order valence-electron chi connectivity index (χ1n) is 5.37. The van der Waals surface area contributed by atoms with Gasteiger partial charge in [0.05, 0.1) is 16.8 Å².